The van der Waals surface area contributed by atoms with Crippen molar-refractivity contribution in [2.24, 2.45) is 5.92 Å². The van der Waals surface area contributed by atoms with E-state index in [1.54, 1.807) is 0 Å². The molecule has 0 bridgehead atoms. The second kappa shape index (κ2) is 13.0. The van der Waals surface area contributed by atoms with Crippen molar-refractivity contribution in [1.82, 2.24) is 0 Å². The van der Waals surface area contributed by atoms with Crippen molar-refractivity contribution < 1.29 is 20.4 Å². The minimum absolute atomic E-state index is 0.00814. The average Bonchev–Trinajstić information content (AvgIpc) is 2.79. The summed E-state index contributed by atoms with van der Waals surface area (Å²) in [6.45, 7) is 6.13. The Kier molecular flexibility index (Phi) is 10.7. The number of rotatable bonds is 13. The minimum Gasteiger partial charge on any atom is -0.393 e. The van der Waals surface area contributed by atoms with E-state index >= 15 is 0 Å². The maximum Gasteiger partial charge on any atom is 0.0685 e. The van der Waals surface area contributed by atoms with E-state index in [2.05, 4.69) is 39.0 Å². The summed E-state index contributed by atoms with van der Waals surface area (Å²) in [4.78, 5) is 0. The Bertz CT molecular complexity index is 785. The van der Waals surface area contributed by atoms with Gasteiger partial charge in [-0.3, -0.25) is 0 Å². The zero-order chi connectivity index (χ0) is 22.8. The molecule has 0 spiro atoms. The van der Waals surface area contributed by atoms with Gasteiger partial charge >= 0.3 is 0 Å². The molecule has 172 valence electrons. The van der Waals surface area contributed by atoms with E-state index in [0.717, 1.165) is 54.4 Å². The van der Waals surface area contributed by atoms with Gasteiger partial charge < -0.3 is 20.4 Å². The van der Waals surface area contributed by atoms with Crippen molar-refractivity contribution in [2.75, 3.05) is 0 Å². The van der Waals surface area contributed by atoms with E-state index in [9.17, 15) is 20.4 Å². The van der Waals surface area contributed by atoms with Crippen LogP contribution in [0.1, 0.15) is 80.2 Å². The fourth-order valence-corrected chi connectivity index (χ4v) is 4.57. The van der Waals surface area contributed by atoms with E-state index in [1.165, 1.54) is 5.56 Å². The summed E-state index contributed by atoms with van der Waals surface area (Å²) in [5.41, 5.74) is 5.01. The summed E-state index contributed by atoms with van der Waals surface area (Å²) < 4.78 is 0. The average molecular weight is 429 g/mol. The van der Waals surface area contributed by atoms with Crippen LogP contribution in [0.15, 0.2) is 42.5 Å². The van der Waals surface area contributed by atoms with Gasteiger partial charge in [0.15, 0.2) is 0 Å². The molecule has 31 heavy (non-hydrogen) atoms. The Morgan fingerprint density at radius 1 is 0.710 bits per heavy atom. The highest BCUT2D eigenvalue weighted by molar-refractivity contribution is 5.33. The van der Waals surface area contributed by atoms with Crippen molar-refractivity contribution in [3.05, 3.63) is 70.3 Å². The molecule has 0 aliphatic rings. The number of benzene rings is 2. The van der Waals surface area contributed by atoms with E-state index in [-0.39, 0.29) is 25.0 Å². The minimum atomic E-state index is -0.561. The molecule has 0 heterocycles. The van der Waals surface area contributed by atoms with Gasteiger partial charge in [-0.25, -0.2) is 0 Å². The predicted octanol–water partition coefficient (Wildman–Crippen LogP) is 4.50. The molecule has 0 aliphatic heterocycles. The number of aliphatic hydroxyl groups excluding tert-OH is 4. The van der Waals surface area contributed by atoms with Gasteiger partial charge in [0.1, 0.15) is 0 Å². The molecule has 2 rings (SSSR count). The summed E-state index contributed by atoms with van der Waals surface area (Å²) in [7, 11) is 0. The van der Waals surface area contributed by atoms with E-state index in [1.807, 2.05) is 24.3 Å². The number of hydrogen-bond acceptors (Lipinski definition) is 4. The highest BCUT2D eigenvalue weighted by Gasteiger charge is 2.25. The van der Waals surface area contributed by atoms with Gasteiger partial charge in [0.05, 0.1) is 25.4 Å². The van der Waals surface area contributed by atoms with Crippen LogP contribution in [0.5, 0.6) is 0 Å². The van der Waals surface area contributed by atoms with Crippen LogP contribution in [0.4, 0.5) is 0 Å². The number of hydrogen-bond donors (Lipinski definition) is 4. The molecule has 3 unspecified atom stereocenters. The van der Waals surface area contributed by atoms with Crippen LogP contribution in [-0.2, 0) is 26.1 Å². The molecular weight excluding hydrogens is 388 g/mol. The summed E-state index contributed by atoms with van der Waals surface area (Å²) in [6, 6.07) is 14.3. The molecule has 2 aromatic carbocycles. The van der Waals surface area contributed by atoms with Crippen LogP contribution < -0.4 is 0 Å². The molecule has 3 atom stereocenters. The number of aliphatic hydroxyl groups is 4. The SMILES string of the molecule is CCC(CC)C(O)CC(O)C(CC)c1cccc(CCc2ccc(CO)c(CO)c2)c1. The first-order valence-electron chi connectivity index (χ1n) is 11.7. The third kappa shape index (κ3) is 7.15. The zero-order valence-corrected chi connectivity index (χ0v) is 19.3. The van der Waals surface area contributed by atoms with Crippen molar-refractivity contribution in [3.8, 4) is 0 Å². The molecule has 4 nitrogen and oxygen atoms in total. The van der Waals surface area contributed by atoms with Crippen molar-refractivity contribution in [1.29, 1.82) is 0 Å². The largest absolute Gasteiger partial charge is 0.393 e. The monoisotopic (exact) mass is 428 g/mol. The first-order valence-corrected chi connectivity index (χ1v) is 11.7. The maximum absolute atomic E-state index is 10.9. The van der Waals surface area contributed by atoms with Crippen LogP contribution in [0, 0.1) is 5.92 Å². The van der Waals surface area contributed by atoms with Gasteiger partial charge in [0.2, 0.25) is 0 Å². The lowest BCUT2D eigenvalue weighted by Crippen LogP contribution is -2.29. The Labute approximate surface area is 187 Å². The van der Waals surface area contributed by atoms with Gasteiger partial charge in [0, 0.05) is 12.3 Å². The molecular formula is C27H40O4. The van der Waals surface area contributed by atoms with Gasteiger partial charge in [0.25, 0.3) is 0 Å². The molecule has 0 saturated carbocycles. The highest BCUT2D eigenvalue weighted by Crippen LogP contribution is 2.29. The fraction of sp³-hybridized carbons (Fsp3) is 0.556. The van der Waals surface area contributed by atoms with Crippen molar-refractivity contribution >= 4 is 0 Å². The zero-order valence-electron chi connectivity index (χ0n) is 19.3. The molecule has 0 amide bonds. The third-order valence-corrected chi connectivity index (χ3v) is 6.67. The first kappa shape index (κ1) is 25.5. The van der Waals surface area contributed by atoms with Crippen molar-refractivity contribution in [2.45, 2.75) is 90.6 Å². The summed E-state index contributed by atoms with van der Waals surface area (Å²) in [6.07, 6.45) is 3.76. The summed E-state index contributed by atoms with van der Waals surface area (Å²) in [5, 5.41) is 40.3. The number of aryl methyl sites for hydroxylation is 2. The van der Waals surface area contributed by atoms with Gasteiger partial charge in [-0.05, 0) is 53.0 Å². The molecule has 0 aromatic heterocycles. The molecule has 4 heteroatoms. The lowest BCUT2D eigenvalue weighted by Gasteiger charge is -2.28. The van der Waals surface area contributed by atoms with Crippen LogP contribution in [0.2, 0.25) is 0 Å². The standard InChI is InChI=1S/C27H40O4/c1-4-21(5-2)26(30)16-27(31)25(6-3)22-9-7-8-19(14-22)10-11-20-12-13-23(17-28)24(15-20)18-29/h7-9,12-15,21,25-31H,4-6,10-11,16-18H2,1-3H3. The van der Waals surface area contributed by atoms with Crippen LogP contribution in [0.3, 0.4) is 0 Å². The molecule has 0 fully saturated rings. The Morgan fingerprint density at radius 3 is 1.94 bits per heavy atom. The van der Waals surface area contributed by atoms with E-state index in [0.29, 0.717) is 6.42 Å². The second-order valence-corrected chi connectivity index (χ2v) is 8.63. The topological polar surface area (TPSA) is 80.9 Å². The molecule has 0 aliphatic carbocycles. The lowest BCUT2D eigenvalue weighted by atomic mass is 9.84. The normalized spacial score (nSPS) is 14.6. The Balaban J connectivity index is 2.07. The van der Waals surface area contributed by atoms with Crippen molar-refractivity contribution in [3.63, 3.8) is 0 Å². The first-order chi connectivity index (χ1) is 15.0. The van der Waals surface area contributed by atoms with Crippen LogP contribution in [-0.4, -0.2) is 32.6 Å². The highest BCUT2D eigenvalue weighted by atomic mass is 16.3. The summed E-state index contributed by atoms with van der Waals surface area (Å²) >= 11 is 0. The van der Waals surface area contributed by atoms with Crippen LogP contribution in [0.25, 0.3) is 0 Å². The lowest BCUT2D eigenvalue weighted by molar-refractivity contribution is 0.0292. The van der Waals surface area contributed by atoms with Crippen LogP contribution >= 0.6 is 0 Å². The Morgan fingerprint density at radius 2 is 1.35 bits per heavy atom. The smallest absolute Gasteiger partial charge is 0.0685 e. The summed E-state index contributed by atoms with van der Waals surface area (Å²) in [5.74, 6) is 0.244. The van der Waals surface area contributed by atoms with E-state index < -0.39 is 12.2 Å². The third-order valence-electron chi connectivity index (χ3n) is 6.67. The molecule has 0 saturated heterocycles. The van der Waals surface area contributed by atoms with Gasteiger partial charge in [-0.1, -0.05) is 76.1 Å². The quantitative estimate of drug-likeness (QED) is 0.379. The van der Waals surface area contributed by atoms with Gasteiger partial charge in [-0.15, -0.1) is 0 Å². The molecule has 0 radical (unpaired) electrons. The predicted molar refractivity (Wildman–Crippen MR) is 126 cm³/mol. The van der Waals surface area contributed by atoms with Gasteiger partial charge in [-0.2, -0.15) is 0 Å². The molecule has 2 aromatic rings. The Hall–Kier alpha value is -1.72. The molecule has 4 N–H and O–H groups in total. The fourth-order valence-electron chi connectivity index (χ4n) is 4.57. The second-order valence-electron chi connectivity index (χ2n) is 8.63. The maximum atomic E-state index is 10.9. The van der Waals surface area contributed by atoms with E-state index in [4.69, 9.17) is 0 Å².